The van der Waals surface area contributed by atoms with Gasteiger partial charge in [0.15, 0.2) is 13.2 Å². The third kappa shape index (κ3) is 7.52. The molecule has 6 heteroatoms. The van der Waals surface area contributed by atoms with Gasteiger partial charge in [-0.25, -0.2) is 4.79 Å². The number of benzene rings is 1. The molecule has 0 unspecified atom stereocenters. The number of ether oxygens (including phenoxy) is 3. The normalized spacial score (nSPS) is 10.7. The van der Waals surface area contributed by atoms with E-state index in [0.717, 1.165) is 0 Å². The van der Waals surface area contributed by atoms with Crippen molar-refractivity contribution in [3.63, 3.8) is 0 Å². The molecule has 0 heterocycles. The van der Waals surface area contributed by atoms with Gasteiger partial charge in [-0.3, -0.25) is 4.79 Å². The maximum Gasteiger partial charge on any atom is 0.344 e. The van der Waals surface area contributed by atoms with Crippen LogP contribution in [0.1, 0.15) is 27.7 Å². The molecule has 1 aromatic rings. The van der Waals surface area contributed by atoms with E-state index in [1.54, 1.807) is 45.0 Å². The lowest BCUT2D eigenvalue weighted by molar-refractivity contribution is -0.157. The first-order chi connectivity index (χ1) is 10.3. The van der Waals surface area contributed by atoms with Crippen LogP contribution in [-0.4, -0.2) is 37.2 Å². The molecule has 0 saturated carbocycles. The van der Waals surface area contributed by atoms with E-state index >= 15 is 0 Å². The number of nitrogens with one attached hydrogen (secondary N) is 1. The molecule has 0 fully saturated rings. The third-order valence-electron chi connectivity index (χ3n) is 2.34. The van der Waals surface area contributed by atoms with Crippen LogP contribution >= 0.6 is 0 Å². The number of rotatable bonds is 7. The molecule has 0 aliphatic carbocycles. The quantitative estimate of drug-likeness (QED) is 0.779. The van der Waals surface area contributed by atoms with Crippen molar-refractivity contribution >= 4 is 11.9 Å². The molecule has 1 aromatic carbocycles. The van der Waals surface area contributed by atoms with Gasteiger partial charge in [0, 0.05) is 6.54 Å². The van der Waals surface area contributed by atoms with Crippen molar-refractivity contribution in [2.45, 2.75) is 33.3 Å². The minimum absolute atomic E-state index is 0.0358. The Hall–Kier alpha value is -2.24. The summed E-state index contributed by atoms with van der Waals surface area (Å²) < 4.78 is 15.8. The van der Waals surface area contributed by atoms with Gasteiger partial charge in [-0.2, -0.15) is 0 Å². The smallest absolute Gasteiger partial charge is 0.344 e. The molecule has 22 heavy (non-hydrogen) atoms. The van der Waals surface area contributed by atoms with Crippen molar-refractivity contribution in [2.75, 3.05) is 19.8 Å². The van der Waals surface area contributed by atoms with Crippen LogP contribution in [0.25, 0.3) is 0 Å². The van der Waals surface area contributed by atoms with E-state index in [4.69, 9.17) is 14.2 Å². The Balaban J connectivity index is 2.38. The van der Waals surface area contributed by atoms with Crippen molar-refractivity contribution in [3.8, 4) is 11.5 Å². The van der Waals surface area contributed by atoms with Gasteiger partial charge in [-0.05, 0) is 52.0 Å². The predicted octanol–water partition coefficient (Wildman–Crippen LogP) is 1.92. The SMILES string of the molecule is CCNC(=O)COc1ccc(OCC(=O)OC(C)(C)C)cc1. The fourth-order valence-corrected chi connectivity index (χ4v) is 1.54. The molecule has 0 saturated heterocycles. The summed E-state index contributed by atoms with van der Waals surface area (Å²) in [5, 5.41) is 2.64. The van der Waals surface area contributed by atoms with E-state index in [0.29, 0.717) is 18.0 Å². The topological polar surface area (TPSA) is 73.9 Å². The zero-order valence-corrected chi connectivity index (χ0v) is 13.5. The maximum atomic E-state index is 11.5. The Labute approximate surface area is 130 Å². The molecule has 1 N–H and O–H groups in total. The Bertz CT molecular complexity index is 490. The molecular weight excluding hydrogens is 286 g/mol. The molecule has 1 amide bonds. The first kappa shape index (κ1) is 17.8. The summed E-state index contributed by atoms with van der Waals surface area (Å²) in [5.74, 6) is 0.476. The zero-order valence-electron chi connectivity index (χ0n) is 13.5. The van der Waals surface area contributed by atoms with Gasteiger partial charge in [-0.15, -0.1) is 0 Å². The molecule has 0 bridgehead atoms. The van der Waals surface area contributed by atoms with E-state index in [-0.39, 0.29) is 19.1 Å². The molecule has 0 aliphatic heterocycles. The Kier molecular flexibility index (Phi) is 6.69. The molecular formula is C16H23NO5. The van der Waals surface area contributed by atoms with Crippen LogP contribution in [0, 0.1) is 0 Å². The summed E-state index contributed by atoms with van der Waals surface area (Å²) in [4.78, 5) is 22.8. The average Bonchev–Trinajstić information content (AvgIpc) is 2.42. The number of carbonyl (C=O) groups is 2. The molecule has 0 aromatic heterocycles. The fraction of sp³-hybridized carbons (Fsp3) is 0.500. The van der Waals surface area contributed by atoms with E-state index in [1.165, 1.54) is 0 Å². The van der Waals surface area contributed by atoms with E-state index in [2.05, 4.69) is 5.32 Å². The van der Waals surface area contributed by atoms with Gasteiger partial charge in [0.1, 0.15) is 17.1 Å². The summed E-state index contributed by atoms with van der Waals surface area (Å²) in [6, 6.07) is 6.67. The van der Waals surface area contributed by atoms with Gasteiger partial charge >= 0.3 is 5.97 Å². The molecule has 6 nitrogen and oxygen atoms in total. The molecule has 122 valence electrons. The van der Waals surface area contributed by atoms with Crippen molar-refractivity contribution in [3.05, 3.63) is 24.3 Å². The third-order valence-corrected chi connectivity index (χ3v) is 2.34. The average molecular weight is 309 g/mol. The predicted molar refractivity (Wildman–Crippen MR) is 82.0 cm³/mol. The Morgan fingerprint density at radius 3 is 1.95 bits per heavy atom. The van der Waals surface area contributed by atoms with Crippen LogP contribution in [0.15, 0.2) is 24.3 Å². The lowest BCUT2D eigenvalue weighted by Gasteiger charge is -2.19. The van der Waals surface area contributed by atoms with Crippen molar-refractivity contribution in [2.24, 2.45) is 0 Å². The summed E-state index contributed by atoms with van der Waals surface area (Å²) in [7, 11) is 0. The highest BCUT2D eigenvalue weighted by molar-refractivity contribution is 5.77. The van der Waals surface area contributed by atoms with Crippen molar-refractivity contribution in [1.82, 2.24) is 5.32 Å². The lowest BCUT2D eigenvalue weighted by Crippen LogP contribution is -2.28. The fourth-order valence-electron chi connectivity index (χ4n) is 1.54. The second-order valence-corrected chi connectivity index (χ2v) is 5.59. The second kappa shape index (κ2) is 8.26. The number of carbonyl (C=O) groups excluding carboxylic acids is 2. The second-order valence-electron chi connectivity index (χ2n) is 5.59. The number of esters is 1. The maximum absolute atomic E-state index is 11.5. The Morgan fingerprint density at radius 1 is 1.00 bits per heavy atom. The molecule has 0 atom stereocenters. The van der Waals surface area contributed by atoms with Gasteiger partial charge in [-0.1, -0.05) is 0 Å². The van der Waals surface area contributed by atoms with Crippen LogP contribution in [0.4, 0.5) is 0 Å². The molecule has 0 spiro atoms. The van der Waals surface area contributed by atoms with Crippen molar-refractivity contribution < 1.29 is 23.8 Å². The monoisotopic (exact) mass is 309 g/mol. The standard InChI is InChI=1S/C16H23NO5/c1-5-17-14(18)10-20-12-6-8-13(9-7-12)21-11-15(19)22-16(2,3)4/h6-9H,5,10-11H2,1-4H3,(H,17,18). The number of hydrogen-bond donors (Lipinski definition) is 1. The highest BCUT2D eigenvalue weighted by Gasteiger charge is 2.16. The summed E-state index contributed by atoms with van der Waals surface area (Å²) in [5.41, 5.74) is -0.531. The molecule has 1 rings (SSSR count). The van der Waals surface area contributed by atoms with Crippen LogP contribution in [0.3, 0.4) is 0 Å². The largest absolute Gasteiger partial charge is 0.484 e. The van der Waals surface area contributed by atoms with Gasteiger partial charge in [0.25, 0.3) is 5.91 Å². The number of hydrogen-bond acceptors (Lipinski definition) is 5. The van der Waals surface area contributed by atoms with E-state index in [1.807, 2.05) is 6.92 Å². The first-order valence-electron chi connectivity index (χ1n) is 7.14. The van der Waals surface area contributed by atoms with Crippen LogP contribution in [0.2, 0.25) is 0 Å². The number of likely N-dealkylation sites (N-methyl/N-ethyl adjacent to an activating group) is 1. The van der Waals surface area contributed by atoms with Crippen molar-refractivity contribution in [1.29, 1.82) is 0 Å². The van der Waals surface area contributed by atoms with Crippen LogP contribution < -0.4 is 14.8 Å². The summed E-state index contributed by atoms with van der Waals surface area (Å²) >= 11 is 0. The number of amides is 1. The molecule has 0 aliphatic rings. The van der Waals surface area contributed by atoms with E-state index in [9.17, 15) is 9.59 Å². The highest BCUT2D eigenvalue weighted by atomic mass is 16.6. The summed E-state index contributed by atoms with van der Waals surface area (Å²) in [6.07, 6.45) is 0. The van der Waals surface area contributed by atoms with Gasteiger partial charge < -0.3 is 19.5 Å². The van der Waals surface area contributed by atoms with Crippen LogP contribution in [-0.2, 0) is 14.3 Å². The van der Waals surface area contributed by atoms with Gasteiger partial charge in [0.2, 0.25) is 0 Å². The minimum Gasteiger partial charge on any atom is -0.484 e. The highest BCUT2D eigenvalue weighted by Crippen LogP contribution is 2.17. The lowest BCUT2D eigenvalue weighted by atomic mass is 10.2. The summed E-state index contributed by atoms with van der Waals surface area (Å²) in [6.45, 7) is 7.61. The van der Waals surface area contributed by atoms with Gasteiger partial charge in [0.05, 0.1) is 0 Å². The first-order valence-corrected chi connectivity index (χ1v) is 7.14. The minimum atomic E-state index is -0.531. The van der Waals surface area contributed by atoms with Crippen LogP contribution in [0.5, 0.6) is 11.5 Å². The Morgan fingerprint density at radius 2 is 1.50 bits per heavy atom. The molecule has 0 radical (unpaired) electrons. The zero-order chi connectivity index (χ0) is 16.6. The van der Waals surface area contributed by atoms with E-state index < -0.39 is 11.6 Å².